The van der Waals surface area contributed by atoms with Gasteiger partial charge in [-0.3, -0.25) is 14.5 Å². The monoisotopic (exact) mass is 323 g/mol. The lowest BCUT2D eigenvalue weighted by Gasteiger charge is -2.34. The molecule has 3 N–H and O–H groups in total. The first-order chi connectivity index (χ1) is 11.6. The van der Waals surface area contributed by atoms with Gasteiger partial charge in [-0.2, -0.15) is 0 Å². The summed E-state index contributed by atoms with van der Waals surface area (Å²) in [6.45, 7) is 1.14. The van der Waals surface area contributed by atoms with Crippen LogP contribution in [-0.4, -0.2) is 29.3 Å². The number of fused-ring (bicyclic) bond motifs is 1. The molecule has 2 amide bonds. The molecule has 0 fully saturated rings. The second kappa shape index (κ2) is 7.27. The number of rotatable bonds is 5. The van der Waals surface area contributed by atoms with E-state index in [4.69, 9.17) is 5.73 Å². The summed E-state index contributed by atoms with van der Waals surface area (Å²) in [4.78, 5) is 25.9. The number of para-hydroxylation sites is 1. The zero-order valence-electron chi connectivity index (χ0n) is 13.4. The highest BCUT2D eigenvalue weighted by Crippen LogP contribution is 2.23. The second-order valence-corrected chi connectivity index (χ2v) is 6.03. The zero-order valence-corrected chi connectivity index (χ0v) is 13.4. The molecule has 0 saturated heterocycles. The number of nitrogens with zero attached hydrogens (tertiary/aromatic N) is 1. The number of anilines is 1. The van der Waals surface area contributed by atoms with Gasteiger partial charge in [0.15, 0.2) is 0 Å². The Kier molecular flexibility index (Phi) is 4.91. The quantitative estimate of drug-likeness (QED) is 0.883. The molecule has 24 heavy (non-hydrogen) atoms. The Morgan fingerprint density at radius 1 is 1.04 bits per heavy atom. The van der Waals surface area contributed by atoms with Crippen LogP contribution in [-0.2, 0) is 22.6 Å². The maximum absolute atomic E-state index is 12.1. The van der Waals surface area contributed by atoms with Crippen molar-refractivity contribution in [2.75, 3.05) is 11.9 Å². The molecule has 0 bridgehead atoms. The van der Waals surface area contributed by atoms with Gasteiger partial charge in [0.2, 0.25) is 11.8 Å². The van der Waals surface area contributed by atoms with Gasteiger partial charge < -0.3 is 11.1 Å². The molecule has 124 valence electrons. The van der Waals surface area contributed by atoms with Gasteiger partial charge in [0.1, 0.15) is 0 Å². The average molecular weight is 323 g/mol. The van der Waals surface area contributed by atoms with Gasteiger partial charge in [-0.05, 0) is 29.7 Å². The summed E-state index contributed by atoms with van der Waals surface area (Å²) >= 11 is 0. The van der Waals surface area contributed by atoms with Crippen molar-refractivity contribution < 1.29 is 9.59 Å². The molecule has 3 rings (SSSR count). The maximum Gasteiger partial charge on any atom is 0.235 e. The number of hydrogen-bond acceptors (Lipinski definition) is 3. The summed E-state index contributed by atoms with van der Waals surface area (Å²) in [6, 6.07) is 17.0. The average Bonchev–Trinajstić information content (AvgIpc) is 2.60. The lowest BCUT2D eigenvalue weighted by atomic mass is 9.93. The van der Waals surface area contributed by atoms with Crippen LogP contribution in [0.25, 0.3) is 0 Å². The molecule has 0 aromatic heterocycles. The predicted octanol–water partition coefficient (Wildman–Crippen LogP) is 1.93. The molecule has 0 radical (unpaired) electrons. The van der Waals surface area contributed by atoms with E-state index in [1.165, 1.54) is 5.56 Å². The number of carbonyl (C=O) groups excluding carboxylic acids is 2. The third-order valence-electron chi connectivity index (χ3n) is 4.36. The number of hydrogen-bond donors (Lipinski definition) is 2. The Balaban J connectivity index is 1.63. The maximum atomic E-state index is 12.1. The minimum atomic E-state index is -0.357. The van der Waals surface area contributed by atoms with Gasteiger partial charge in [-0.25, -0.2) is 0 Å². The van der Waals surface area contributed by atoms with Crippen LogP contribution in [0.5, 0.6) is 0 Å². The molecule has 1 aliphatic rings. The standard InChI is InChI=1S/C19H21N3O2/c20-19(24)17-12-14-6-4-5-7-15(14)13-22(17)11-10-18(23)21-16-8-2-1-3-9-16/h1-9,17H,10-13H2,(H2,20,24)(H,21,23)/t17-/m1/s1. The van der Waals surface area contributed by atoms with E-state index in [9.17, 15) is 9.59 Å². The predicted molar refractivity (Wildman–Crippen MR) is 93.2 cm³/mol. The Morgan fingerprint density at radius 2 is 1.71 bits per heavy atom. The topological polar surface area (TPSA) is 75.4 Å². The van der Waals surface area contributed by atoms with Crippen LogP contribution in [0.1, 0.15) is 17.5 Å². The van der Waals surface area contributed by atoms with Crippen molar-refractivity contribution >= 4 is 17.5 Å². The molecule has 2 aromatic carbocycles. The number of primary amides is 1. The van der Waals surface area contributed by atoms with E-state index < -0.39 is 0 Å². The highest BCUT2D eigenvalue weighted by Gasteiger charge is 2.29. The summed E-state index contributed by atoms with van der Waals surface area (Å²) in [6.07, 6.45) is 0.923. The van der Waals surface area contributed by atoms with E-state index in [1.54, 1.807) is 0 Å². The normalized spacial score (nSPS) is 17.1. The van der Waals surface area contributed by atoms with Gasteiger partial charge >= 0.3 is 0 Å². The van der Waals surface area contributed by atoms with Crippen LogP contribution in [0.2, 0.25) is 0 Å². The molecule has 0 spiro atoms. The summed E-state index contributed by atoms with van der Waals surface area (Å²) in [5, 5.41) is 2.86. The number of nitrogens with one attached hydrogen (secondary N) is 1. The fourth-order valence-electron chi connectivity index (χ4n) is 3.08. The van der Waals surface area contributed by atoms with Gasteiger partial charge in [0.25, 0.3) is 0 Å². The lowest BCUT2D eigenvalue weighted by Crippen LogP contribution is -2.49. The van der Waals surface area contributed by atoms with E-state index >= 15 is 0 Å². The third-order valence-corrected chi connectivity index (χ3v) is 4.36. The van der Waals surface area contributed by atoms with Crippen molar-refractivity contribution in [3.05, 3.63) is 65.7 Å². The SMILES string of the molecule is NC(=O)[C@H]1Cc2ccccc2CN1CCC(=O)Nc1ccccc1. The fourth-order valence-corrected chi connectivity index (χ4v) is 3.08. The zero-order chi connectivity index (χ0) is 16.9. The molecule has 5 heteroatoms. The number of amides is 2. The molecule has 2 aromatic rings. The molecule has 0 unspecified atom stereocenters. The van der Waals surface area contributed by atoms with Crippen molar-refractivity contribution in [3.8, 4) is 0 Å². The molecule has 1 atom stereocenters. The molecule has 0 saturated carbocycles. The van der Waals surface area contributed by atoms with E-state index in [0.717, 1.165) is 11.3 Å². The summed E-state index contributed by atoms with van der Waals surface area (Å²) in [5.74, 6) is -0.406. The largest absolute Gasteiger partial charge is 0.368 e. The van der Waals surface area contributed by atoms with Gasteiger partial charge in [0, 0.05) is 25.2 Å². The highest BCUT2D eigenvalue weighted by molar-refractivity contribution is 5.90. The Morgan fingerprint density at radius 3 is 2.42 bits per heavy atom. The van der Waals surface area contributed by atoms with Gasteiger partial charge in [0.05, 0.1) is 6.04 Å². The first kappa shape index (κ1) is 16.2. The Labute approximate surface area is 141 Å². The number of benzene rings is 2. The van der Waals surface area contributed by atoms with Crippen molar-refractivity contribution in [3.63, 3.8) is 0 Å². The second-order valence-electron chi connectivity index (χ2n) is 6.03. The van der Waals surface area contributed by atoms with E-state index in [0.29, 0.717) is 25.9 Å². The van der Waals surface area contributed by atoms with E-state index in [2.05, 4.69) is 11.4 Å². The molecule has 1 aliphatic heterocycles. The van der Waals surface area contributed by atoms with Crippen LogP contribution >= 0.6 is 0 Å². The van der Waals surface area contributed by atoms with Gasteiger partial charge in [-0.1, -0.05) is 42.5 Å². The van der Waals surface area contributed by atoms with Gasteiger partial charge in [-0.15, -0.1) is 0 Å². The minimum absolute atomic E-state index is 0.0664. The molecule has 0 aliphatic carbocycles. The Bertz CT molecular complexity index is 730. The third kappa shape index (κ3) is 3.81. The summed E-state index contributed by atoms with van der Waals surface area (Å²) < 4.78 is 0. The van der Waals surface area contributed by atoms with Crippen LogP contribution in [0.4, 0.5) is 5.69 Å². The smallest absolute Gasteiger partial charge is 0.235 e. The molecular weight excluding hydrogens is 302 g/mol. The summed E-state index contributed by atoms with van der Waals surface area (Å²) in [5.41, 5.74) is 8.69. The highest BCUT2D eigenvalue weighted by atomic mass is 16.2. The molecule has 5 nitrogen and oxygen atoms in total. The van der Waals surface area contributed by atoms with E-state index in [-0.39, 0.29) is 17.9 Å². The van der Waals surface area contributed by atoms with Crippen LogP contribution in [0.3, 0.4) is 0 Å². The van der Waals surface area contributed by atoms with Crippen LogP contribution in [0.15, 0.2) is 54.6 Å². The van der Waals surface area contributed by atoms with Crippen molar-refractivity contribution in [1.29, 1.82) is 0 Å². The first-order valence-electron chi connectivity index (χ1n) is 8.08. The van der Waals surface area contributed by atoms with Crippen molar-refractivity contribution in [2.24, 2.45) is 5.73 Å². The number of nitrogens with two attached hydrogens (primary N) is 1. The lowest BCUT2D eigenvalue weighted by molar-refractivity contribution is -0.125. The molecular formula is C19H21N3O2. The fraction of sp³-hybridized carbons (Fsp3) is 0.263. The van der Waals surface area contributed by atoms with Crippen LogP contribution in [0, 0.1) is 0 Å². The van der Waals surface area contributed by atoms with E-state index in [1.807, 2.05) is 53.4 Å². The molecule has 1 heterocycles. The number of carbonyl (C=O) groups is 2. The Hall–Kier alpha value is -2.66. The van der Waals surface area contributed by atoms with Crippen molar-refractivity contribution in [2.45, 2.75) is 25.4 Å². The first-order valence-corrected chi connectivity index (χ1v) is 8.08. The minimum Gasteiger partial charge on any atom is -0.368 e. The van der Waals surface area contributed by atoms with Crippen molar-refractivity contribution in [1.82, 2.24) is 4.90 Å². The summed E-state index contributed by atoms with van der Waals surface area (Å²) in [7, 11) is 0. The van der Waals surface area contributed by atoms with Crippen LogP contribution < -0.4 is 11.1 Å².